The first-order valence-electron chi connectivity index (χ1n) is 4.82. The molecule has 0 aliphatic rings. The van der Waals surface area contributed by atoms with Crippen molar-refractivity contribution in [3.05, 3.63) is 22.2 Å². The summed E-state index contributed by atoms with van der Waals surface area (Å²) in [6.07, 6.45) is -0.608. The van der Waals surface area contributed by atoms with Gasteiger partial charge < -0.3 is 10.4 Å². The maximum Gasteiger partial charge on any atom is 0.314 e. The Balaban J connectivity index is 3.44. The zero-order chi connectivity index (χ0) is 15.5. The maximum atomic E-state index is 11.2. The van der Waals surface area contributed by atoms with Gasteiger partial charge in [-0.3, -0.25) is 19.5 Å². The fourth-order valence-electron chi connectivity index (χ4n) is 1.24. The van der Waals surface area contributed by atoms with Crippen molar-refractivity contribution >= 4 is 27.4 Å². The third-order valence-electron chi connectivity index (χ3n) is 2.07. The molecule has 1 amide bonds. The summed E-state index contributed by atoms with van der Waals surface area (Å²) in [5.41, 5.74) is -1.63. The van der Waals surface area contributed by atoms with Gasteiger partial charge in [-0.1, -0.05) is 0 Å². The summed E-state index contributed by atoms with van der Waals surface area (Å²) in [6.45, 7) is 0. The Morgan fingerprint density at radius 1 is 1.50 bits per heavy atom. The number of rotatable bonds is 4. The van der Waals surface area contributed by atoms with Crippen LogP contribution in [0.3, 0.4) is 0 Å². The monoisotopic (exact) mass is 301 g/mol. The Labute approximate surface area is 112 Å². The van der Waals surface area contributed by atoms with E-state index in [0.717, 1.165) is 0 Å². The number of phenolic OH excluding ortho intramolecular Hbond substituents is 1. The average Bonchev–Trinajstić information content (AvgIpc) is 2.30. The summed E-state index contributed by atoms with van der Waals surface area (Å²) in [5.74, 6) is -1.90. The van der Waals surface area contributed by atoms with Crippen molar-refractivity contribution in [3.8, 4) is 11.8 Å². The summed E-state index contributed by atoms with van der Waals surface area (Å²) in [4.78, 5) is 19.9. The number of nitro groups is 1. The van der Waals surface area contributed by atoms with Crippen LogP contribution in [0.5, 0.6) is 5.75 Å². The lowest BCUT2D eigenvalue weighted by atomic mass is 10.2. The molecule has 20 heavy (non-hydrogen) atoms. The summed E-state index contributed by atoms with van der Waals surface area (Å²) in [5, 5.41) is 30.4. The third-order valence-corrected chi connectivity index (χ3v) is 2.90. The van der Waals surface area contributed by atoms with Crippen LogP contribution in [0.15, 0.2) is 17.0 Å². The first-order valence-corrected chi connectivity index (χ1v) is 6.26. The van der Waals surface area contributed by atoms with Crippen LogP contribution in [0.1, 0.15) is 6.42 Å². The van der Waals surface area contributed by atoms with Gasteiger partial charge in [0.25, 0.3) is 10.1 Å². The summed E-state index contributed by atoms with van der Waals surface area (Å²) < 4.78 is 30.8. The molecule has 0 aromatic heterocycles. The Morgan fingerprint density at radius 3 is 2.55 bits per heavy atom. The van der Waals surface area contributed by atoms with Gasteiger partial charge in [-0.05, 0) is 6.07 Å². The number of hydrogen-bond acceptors (Lipinski definition) is 7. The van der Waals surface area contributed by atoms with Crippen LogP contribution < -0.4 is 5.32 Å². The van der Waals surface area contributed by atoms with Crippen LogP contribution in [0.25, 0.3) is 0 Å². The number of benzene rings is 1. The highest BCUT2D eigenvalue weighted by Gasteiger charge is 2.24. The van der Waals surface area contributed by atoms with E-state index in [0.29, 0.717) is 12.1 Å². The predicted octanol–water partition coefficient (Wildman–Crippen LogP) is 0.399. The van der Waals surface area contributed by atoms with Gasteiger partial charge in [0.05, 0.1) is 16.7 Å². The fourth-order valence-corrected chi connectivity index (χ4v) is 1.77. The second-order valence-corrected chi connectivity index (χ2v) is 4.88. The number of nitro benzene ring substituents is 1. The van der Waals surface area contributed by atoms with E-state index in [1.807, 2.05) is 5.32 Å². The molecule has 0 radical (unpaired) electrons. The van der Waals surface area contributed by atoms with E-state index >= 15 is 0 Å². The van der Waals surface area contributed by atoms with Gasteiger partial charge >= 0.3 is 5.69 Å². The number of carbonyl (C=O) groups excluding carboxylic acids is 1. The molecule has 0 heterocycles. The third kappa shape index (κ3) is 3.40. The van der Waals surface area contributed by atoms with E-state index in [1.165, 1.54) is 6.07 Å². The normalized spacial score (nSPS) is 10.6. The van der Waals surface area contributed by atoms with Gasteiger partial charge in [0, 0.05) is 6.07 Å². The number of amides is 1. The maximum absolute atomic E-state index is 11.2. The minimum absolute atomic E-state index is 0.435. The molecule has 11 heteroatoms. The van der Waals surface area contributed by atoms with Crippen LogP contribution in [0.4, 0.5) is 11.4 Å². The van der Waals surface area contributed by atoms with Crippen LogP contribution in [0, 0.1) is 21.4 Å². The van der Waals surface area contributed by atoms with Gasteiger partial charge in [0.2, 0.25) is 11.7 Å². The van der Waals surface area contributed by atoms with Crippen molar-refractivity contribution in [2.45, 2.75) is 11.3 Å². The molecule has 0 saturated carbocycles. The van der Waals surface area contributed by atoms with Crippen LogP contribution in [-0.2, 0) is 14.9 Å². The number of nitrogens with one attached hydrogen (secondary N) is 1. The van der Waals surface area contributed by atoms with E-state index in [4.69, 9.17) is 9.81 Å². The number of nitrogens with zero attached hydrogens (tertiary/aromatic N) is 2. The van der Waals surface area contributed by atoms with Crippen LogP contribution in [0.2, 0.25) is 0 Å². The van der Waals surface area contributed by atoms with Gasteiger partial charge in [-0.15, -0.1) is 0 Å². The second-order valence-electron chi connectivity index (χ2n) is 3.45. The molecule has 1 rings (SSSR count). The van der Waals surface area contributed by atoms with E-state index in [2.05, 4.69) is 0 Å². The van der Waals surface area contributed by atoms with Gasteiger partial charge in [0.15, 0.2) is 0 Å². The summed E-state index contributed by atoms with van der Waals surface area (Å²) >= 11 is 0. The zero-order valence-corrected chi connectivity index (χ0v) is 10.4. The first-order chi connectivity index (χ1) is 9.16. The van der Waals surface area contributed by atoms with Gasteiger partial charge in [-0.2, -0.15) is 13.7 Å². The lowest BCUT2D eigenvalue weighted by molar-refractivity contribution is -0.386. The predicted molar refractivity (Wildman–Crippen MR) is 63.4 cm³/mol. The van der Waals surface area contributed by atoms with E-state index in [-0.39, 0.29) is 0 Å². The zero-order valence-electron chi connectivity index (χ0n) is 9.60. The van der Waals surface area contributed by atoms with Gasteiger partial charge in [0.1, 0.15) is 11.3 Å². The molecule has 1 aromatic carbocycles. The van der Waals surface area contributed by atoms with E-state index < -0.39 is 49.4 Å². The van der Waals surface area contributed by atoms with Crippen LogP contribution >= 0.6 is 0 Å². The molecule has 106 valence electrons. The molecule has 0 saturated heterocycles. The molecule has 0 aliphatic heterocycles. The molecular formula is C9H7N3O7S. The lowest BCUT2D eigenvalue weighted by Crippen LogP contribution is -2.11. The molecule has 0 atom stereocenters. The SMILES string of the molecule is N#CCC(=O)Nc1cc(S(=O)(=O)O)cc([N+](=O)[O-])c1O. The fraction of sp³-hybridized carbons (Fsp3) is 0.111. The largest absolute Gasteiger partial charge is 0.501 e. The highest BCUT2D eigenvalue weighted by atomic mass is 32.2. The highest BCUT2D eigenvalue weighted by Crippen LogP contribution is 2.36. The molecule has 1 aromatic rings. The quantitative estimate of drug-likeness (QED) is 0.310. The van der Waals surface area contributed by atoms with Crippen molar-refractivity contribution in [3.63, 3.8) is 0 Å². The Hall–Kier alpha value is -2.71. The summed E-state index contributed by atoms with van der Waals surface area (Å²) in [6, 6.07) is 2.56. The Bertz CT molecular complexity index is 720. The number of phenols is 1. The topological polar surface area (TPSA) is 171 Å². The molecule has 0 unspecified atom stereocenters. The second kappa shape index (κ2) is 5.51. The van der Waals surface area contributed by atoms with Crippen molar-refractivity contribution in [2.24, 2.45) is 0 Å². The number of nitriles is 1. The van der Waals surface area contributed by atoms with Crippen molar-refractivity contribution < 1.29 is 27.8 Å². The molecule has 10 nitrogen and oxygen atoms in total. The Morgan fingerprint density at radius 2 is 2.10 bits per heavy atom. The molecule has 0 fully saturated rings. The highest BCUT2D eigenvalue weighted by molar-refractivity contribution is 7.85. The smallest absolute Gasteiger partial charge is 0.314 e. The van der Waals surface area contributed by atoms with Crippen molar-refractivity contribution in [1.82, 2.24) is 0 Å². The van der Waals surface area contributed by atoms with E-state index in [1.54, 1.807) is 0 Å². The number of hydrogen-bond donors (Lipinski definition) is 3. The number of anilines is 1. The number of carbonyl (C=O) groups is 1. The standard InChI is InChI=1S/C9H7N3O7S/c10-2-1-8(13)11-6-3-5(20(17,18)19)4-7(9(6)14)12(15)16/h3-4,14H,1H2,(H,11,13)(H,17,18,19). The minimum atomic E-state index is -4.78. The average molecular weight is 301 g/mol. The lowest BCUT2D eigenvalue weighted by Gasteiger charge is -2.08. The molecule has 0 aliphatic carbocycles. The van der Waals surface area contributed by atoms with Crippen molar-refractivity contribution in [2.75, 3.05) is 5.32 Å². The molecular weight excluding hydrogens is 294 g/mol. The van der Waals surface area contributed by atoms with E-state index in [9.17, 15) is 28.4 Å². The minimum Gasteiger partial charge on any atom is -0.501 e. The summed E-state index contributed by atoms with van der Waals surface area (Å²) in [7, 11) is -4.78. The van der Waals surface area contributed by atoms with Crippen LogP contribution in [-0.4, -0.2) is 28.9 Å². The molecule has 0 spiro atoms. The first kappa shape index (κ1) is 15.3. The molecule has 0 bridgehead atoms. The van der Waals surface area contributed by atoms with Gasteiger partial charge in [-0.25, -0.2) is 0 Å². The van der Waals surface area contributed by atoms with Crippen molar-refractivity contribution in [1.29, 1.82) is 5.26 Å². The molecule has 3 N–H and O–H groups in total. The Kier molecular flexibility index (Phi) is 4.23. The number of aromatic hydroxyl groups is 1.